The Morgan fingerprint density at radius 2 is 2.14 bits per heavy atom. The number of nitrogens with two attached hydrogens (primary N) is 1. The van der Waals surface area contributed by atoms with Gasteiger partial charge >= 0.3 is 0 Å². The third kappa shape index (κ3) is 2.87. The molecule has 110 valence electrons. The molecule has 0 radical (unpaired) electrons. The van der Waals surface area contributed by atoms with Crippen LogP contribution in [0.15, 0.2) is 34.8 Å². The molecule has 21 heavy (non-hydrogen) atoms. The minimum Gasteiger partial charge on any atom is -0.336 e. The zero-order valence-electron chi connectivity index (χ0n) is 11.6. The summed E-state index contributed by atoms with van der Waals surface area (Å²) in [6, 6.07) is 9.84. The van der Waals surface area contributed by atoms with Gasteiger partial charge in [0.05, 0.1) is 4.47 Å². The molecule has 0 bridgehead atoms. The van der Waals surface area contributed by atoms with Crippen molar-refractivity contribution in [2.75, 3.05) is 13.1 Å². The molecule has 1 amide bonds. The van der Waals surface area contributed by atoms with Crippen LogP contribution in [0.1, 0.15) is 23.3 Å². The van der Waals surface area contributed by atoms with Crippen LogP contribution in [0.4, 0.5) is 0 Å². The summed E-state index contributed by atoms with van der Waals surface area (Å²) in [4.78, 5) is 14.4. The first-order chi connectivity index (χ1) is 10.2. The molecule has 1 aliphatic heterocycles. The number of benzene rings is 1. The summed E-state index contributed by atoms with van der Waals surface area (Å²) in [5.74, 6) is -0.0493. The van der Waals surface area contributed by atoms with E-state index in [1.807, 2.05) is 30.3 Å². The Kier molecular flexibility index (Phi) is 4.07. The largest absolute Gasteiger partial charge is 0.336 e. The Balaban J connectivity index is 1.87. The predicted octanol–water partition coefficient (Wildman–Crippen LogP) is 2.40. The Labute approximate surface area is 131 Å². The van der Waals surface area contributed by atoms with Gasteiger partial charge in [-0.25, -0.2) is 0 Å². The second-order valence-electron chi connectivity index (χ2n) is 5.28. The number of amides is 1. The molecule has 1 atom stereocenters. The van der Waals surface area contributed by atoms with Gasteiger partial charge in [-0.15, -0.1) is 0 Å². The number of hydrogen-bond donors (Lipinski definition) is 2. The molecule has 3 N–H and O–H groups in total. The molecule has 0 aliphatic carbocycles. The van der Waals surface area contributed by atoms with Crippen molar-refractivity contribution in [1.82, 2.24) is 15.1 Å². The molecule has 1 fully saturated rings. The summed E-state index contributed by atoms with van der Waals surface area (Å²) in [6.45, 7) is 1.35. The summed E-state index contributed by atoms with van der Waals surface area (Å²) in [5, 5.41) is 7.13. The highest BCUT2D eigenvalue weighted by Gasteiger charge is 2.26. The van der Waals surface area contributed by atoms with Gasteiger partial charge in [-0.3, -0.25) is 9.89 Å². The van der Waals surface area contributed by atoms with E-state index >= 15 is 0 Å². The average Bonchev–Trinajstić information content (AvgIpc) is 2.89. The molecule has 1 aromatic carbocycles. The number of nitrogens with one attached hydrogen (secondary N) is 1. The molecular formula is C15H17BrN4O. The molecule has 2 heterocycles. The lowest BCUT2D eigenvalue weighted by atomic mass is 10.1. The fraction of sp³-hybridized carbons (Fsp3) is 0.333. The summed E-state index contributed by atoms with van der Waals surface area (Å²) in [5.41, 5.74) is 8.15. The smallest absolute Gasteiger partial charge is 0.273 e. The lowest BCUT2D eigenvalue weighted by Crippen LogP contribution is -2.45. The van der Waals surface area contributed by atoms with Crippen LogP contribution >= 0.6 is 15.9 Å². The number of carbonyl (C=O) groups is 1. The first-order valence-electron chi connectivity index (χ1n) is 7.01. The van der Waals surface area contributed by atoms with E-state index < -0.39 is 0 Å². The molecular weight excluding hydrogens is 332 g/mol. The molecule has 1 aliphatic rings. The van der Waals surface area contributed by atoms with Crippen molar-refractivity contribution in [2.24, 2.45) is 5.73 Å². The SMILES string of the molecule is NC1CCCN(C(=O)c2[nH]nc(-c3ccccc3)c2Br)C1. The van der Waals surface area contributed by atoms with Gasteiger partial charge in [-0.1, -0.05) is 30.3 Å². The zero-order chi connectivity index (χ0) is 14.8. The van der Waals surface area contributed by atoms with E-state index in [9.17, 15) is 4.79 Å². The van der Waals surface area contributed by atoms with Crippen LogP contribution in [0.2, 0.25) is 0 Å². The van der Waals surface area contributed by atoms with Crippen LogP contribution in [0.3, 0.4) is 0 Å². The van der Waals surface area contributed by atoms with Gasteiger partial charge in [0.25, 0.3) is 5.91 Å². The highest BCUT2D eigenvalue weighted by molar-refractivity contribution is 9.10. The maximum atomic E-state index is 12.6. The van der Waals surface area contributed by atoms with Crippen molar-refractivity contribution in [3.05, 3.63) is 40.5 Å². The maximum Gasteiger partial charge on any atom is 0.273 e. The lowest BCUT2D eigenvalue weighted by molar-refractivity contribution is 0.0702. The molecule has 0 spiro atoms. The summed E-state index contributed by atoms with van der Waals surface area (Å²) in [6.07, 6.45) is 1.92. The molecule has 1 saturated heterocycles. The highest BCUT2D eigenvalue weighted by atomic mass is 79.9. The van der Waals surface area contributed by atoms with Crippen molar-refractivity contribution in [3.63, 3.8) is 0 Å². The fourth-order valence-corrected chi connectivity index (χ4v) is 3.19. The van der Waals surface area contributed by atoms with Crippen molar-refractivity contribution in [2.45, 2.75) is 18.9 Å². The molecule has 6 heteroatoms. The molecule has 0 saturated carbocycles. The monoisotopic (exact) mass is 348 g/mol. The number of halogens is 1. The summed E-state index contributed by atoms with van der Waals surface area (Å²) < 4.78 is 0.706. The van der Waals surface area contributed by atoms with Crippen molar-refractivity contribution < 1.29 is 4.79 Å². The number of aromatic nitrogens is 2. The first kappa shape index (κ1) is 14.3. The van der Waals surface area contributed by atoms with Crippen LogP contribution in [-0.2, 0) is 0 Å². The summed E-state index contributed by atoms with van der Waals surface area (Å²) in [7, 11) is 0. The van der Waals surface area contributed by atoms with E-state index in [1.54, 1.807) is 4.90 Å². The number of hydrogen-bond acceptors (Lipinski definition) is 3. The number of rotatable bonds is 2. The van der Waals surface area contributed by atoms with Crippen LogP contribution < -0.4 is 5.73 Å². The predicted molar refractivity (Wildman–Crippen MR) is 84.8 cm³/mol. The van der Waals surface area contributed by atoms with Gasteiger partial charge in [0.1, 0.15) is 11.4 Å². The minimum atomic E-state index is -0.0493. The fourth-order valence-electron chi connectivity index (χ4n) is 2.61. The van der Waals surface area contributed by atoms with E-state index in [1.165, 1.54) is 0 Å². The Bertz CT molecular complexity index is 640. The van der Waals surface area contributed by atoms with Crippen LogP contribution in [0, 0.1) is 0 Å². The van der Waals surface area contributed by atoms with Crippen LogP contribution in [0.25, 0.3) is 11.3 Å². The molecule has 1 aromatic heterocycles. The number of aromatic amines is 1. The number of H-pyrrole nitrogens is 1. The third-order valence-corrected chi connectivity index (χ3v) is 4.49. The van der Waals surface area contributed by atoms with Gasteiger partial charge in [0, 0.05) is 24.7 Å². The maximum absolute atomic E-state index is 12.6. The van der Waals surface area contributed by atoms with E-state index in [0.717, 1.165) is 30.6 Å². The highest BCUT2D eigenvalue weighted by Crippen LogP contribution is 2.29. The van der Waals surface area contributed by atoms with Gasteiger partial charge < -0.3 is 10.6 Å². The Morgan fingerprint density at radius 3 is 2.86 bits per heavy atom. The van der Waals surface area contributed by atoms with E-state index in [-0.39, 0.29) is 11.9 Å². The van der Waals surface area contributed by atoms with Crippen LogP contribution in [-0.4, -0.2) is 40.1 Å². The number of nitrogens with zero attached hydrogens (tertiary/aromatic N) is 2. The molecule has 5 nitrogen and oxygen atoms in total. The standard InChI is InChI=1S/C15H17BrN4O/c16-12-13(10-5-2-1-3-6-10)18-19-14(12)15(21)20-8-4-7-11(17)9-20/h1-3,5-6,11H,4,7-9,17H2,(H,18,19). The van der Waals surface area contributed by atoms with Gasteiger partial charge in [0.15, 0.2) is 0 Å². The molecule has 3 rings (SSSR count). The lowest BCUT2D eigenvalue weighted by Gasteiger charge is -2.30. The van der Waals surface area contributed by atoms with E-state index in [0.29, 0.717) is 16.7 Å². The number of likely N-dealkylation sites (tertiary alicyclic amines) is 1. The number of piperidine rings is 1. The molecule has 1 unspecified atom stereocenters. The van der Waals surface area contributed by atoms with Crippen molar-refractivity contribution in [1.29, 1.82) is 0 Å². The van der Waals surface area contributed by atoms with Gasteiger partial charge in [-0.05, 0) is 28.8 Å². The minimum absolute atomic E-state index is 0.0493. The Morgan fingerprint density at radius 1 is 1.38 bits per heavy atom. The van der Waals surface area contributed by atoms with Crippen molar-refractivity contribution in [3.8, 4) is 11.3 Å². The van der Waals surface area contributed by atoms with Crippen LogP contribution in [0.5, 0.6) is 0 Å². The van der Waals surface area contributed by atoms with Gasteiger partial charge in [0.2, 0.25) is 0 Å². The second kappa shape index (κ2) is 5.99. The van der Waals surface area contributed by atoms with E-state index in [2.05, 4.69) is 26.1 Å². The average molecular weight is 349 g/mol. The zero-order valence-corrected chi connectivity index (χ0v) is 13.1. The quantitative estimate of drug-likeness (QED) is 0.874. The Hall–Kier alpha value is -1.66. The summed E-state index contributed by atoms with van der Waals surface area (Å²) >= 11 is 3.50. The van der Waals surface area contributed by atoms with E-state index in [4.69, 9.17) is 5.73 Å². The normalized spacial score (nSPS) is 18.8. The second-order valence-corrected chi connectivity index (χ2v) is 6.07. The van der Waals surface area contributed by atoms with Crippen molar-refractivity contribution >= 4 is 21.8 Å². The number of carbonyl (C=O) groups excluding carboxylic acids is 1. The third-order valence-electron chi connectivity index (χ3n) is 3.71. The van der Waals surface area contributed by atoms with Gasteiger partial charge in [-0.2, -0.15) is 5.10 Å². The molecule has 2 aromatic rings. The topological polar surface area (TPSA) is 75.0 Å². The first-order valence-corrected chi connectivity index (χ1v) is 7.80.